The van der Waals surface area contributed by atoms with E-state index < -0.39 is 0 Å². The number of methoxy groups -OCH3 is 1. The van der Waals surface area contributed by atoms with Crippen LogP contribution >= 0.6 is 11.8 Å². The molecule has 3 aromatic rings. The van der Waals surface area contributed by atoms with Gasteiger partial charge < -0.3 is 14.5 Å². The van der Waals surface area contributed by atoms with Crippen LogP contribution in [-0.2, 0) is 4.74 Å². The van der Waals surface area contributed by atoms with Gasteiger partial charge in [-0.15, -0.1) is 11.8 Å². The summed E-state index contributed by atoms with van der Waals surface area (Å²) in [6, 6.07) is 8.03. The molecule has 0 aliphatic heterocycles. The summed E-state index contributed by atoms with van der Waals surface area (Å²) in [5.74, 6) is 1.60. The molecule has 6 heteroatoms. The second kappa shape index (κ2) is 7.68. The van der Waals surface area contributed by atoms with Gasteiger partial charge in [0.25, 0.3) is 0 Å². The van der Waals surface area contributed by atoms with Crippen LogP contribution in [-0.4, -0.2) is 41.5 Å². The molecule has 0 aliphatic carbocycles. The largest absolute Gasteiger partial charge is 0.493 e. The SMILES string of the molecule is COCCCOc1ccnc(-c2nc3c(SC)cccc3[nH]2)c1C. The predicted molar refractivity (Wildman–Crippen MR) is 97.8 cm³/mol. The number of pyridine rings is 1. The van der Waals surface area contributed by atoms with Gasteiger partial charge in [-0.05, 0) is 31.4 Å². The molecule has 0 spiro atoms. The van der Waals surface area contributed by atoms with Crippen LogP contribution in [0.2, 0.25) is 0 Å². The Morgan fingerprint density at radius 1 is 1.21 bits per heavy atom. The molecular formula is C18H21N3O2S. The Hall–Kier alpha value is -2.05. The summed E-state index contributed by atoms with van der Waals surface area (Å²) in [5.41, 5.74) is 3.80. The molecule has 0 amide bonds. The van der Waals surface area contributed by atoms with Crippen molar-refractivity contribution in [1.82, 2.24) is 15.0 Å². The normalized spacial score (nSPS) is 11.1. The molecule has 2 heterocycles. The van der Waals surface area contributed by atoms with Crippen LogP contribution in [0.3, 0.4) is 0 Å². The van der Waals surface area contributed by atoms with Gasteiger partial charge in [0.2, 0.25) is 0 Å². The number of imidazole rings is 1. The van der Waals surface area contributed by atoms with Crippen molar-refractivity contribution in [3.63, 3.8) is 0 Å². The van der Waals surface area contributed by atoms with Gasteiger partial charge in [0.05, 0.1) is 12.1 Å². The van der Waals surface area contributed by atoms with Crippen LogP contribution in [0.5, 0.6) is 5.75 Å². The van der Waals surface area contributed by atoms with Crippen molar-refractivity contribution in [2.24, 2.45) is 0 Å². The molecule has 5 nitrogen and oxygen atoms in total. The number of H-pyrrole nitrogens is 1. The number of benzene rings is 1. The summed E-state index contributed by atoms with van der Waals surface area (Å²) in [4.78, 5) is 13.8. The van der Waals surface area contributed by atoms with Crippen molar-refractivity contribution in [3.05, 3.63) is 36.0 Å². The van der Waals surface area contributed by atoms with Crippen molar-refractivity contribution in [2.45, 2.75) is 18.2 Å². The fourth-order valence-electron chi connectivity index (χ4n) is 2.58. The molecule has 0 unspecified atom stereocenters. The minimum absolute atomic E-state index is 0.620. The van der Waals surface area contributed by atoms with Gasteiger partial charge in [-0.25, -0.2) is 4.98 Å². The van der Waals surface area contributed by atoms with E-state index in [-0.39, 0.29) is 0 Å². The molecule has 126 valence electrons. The zero-order chi connectivity index (χ0) is 16.9. The van der Waals surface area contributed by atoms with Crippen molar-refractivity contribution < 1.29 is 9.47 Å². The Morgan fingerprint density at radius 3 is 2.88 bits per heavy atom. The molecule has 0 aliphatic rings. The molecule has 0 saturated heterocycles. The monoisotopic (exact) mass is 343 g/mol. The first-order valence-corrected chi connectivity index (χ1v) is 9.07. The van der Waals surface area contributed by atoms with Crippen LogP contribution in [0.4, 0.5) is 0 Å². The number of aromatic amines is 1. The predicted octanol–water partition coefficient (Wildman–Crippen LogP) is 4.07. The van der Waals surface area contributed by atoms with Gasteiger partial charge in [-0.3, -0.25) is 4.98 Å². The van der Waals surface area contributed by atoms with Gasteiger partial charge >= 0.3 is 0 Å². The fourth-order valence-corrected chi connectivity index (χ4v) is 3.14. The second-order valence-corrected chi connectivity index (χ2v) is 6.27. The summed E-state index contributed by atoms with van der Waals surface area (Å²) in [5, 5.41) is 0. The van der Waals surface area contributed by atoms with Gasteiger partial charge in [-0.2, -0.15) is 0 Å². The number of ether oxygens (including phenoxy) is 2. The Kier molecular flexibility index (Phi) is 5.37. The molecule has 3 rings (SSSR count). The van der Waals surface area contributed by atoms with Gasteiger partial charge in [0.15, 0.2) is 5.82 Å². The topological polar surface area (TPSA) is 60.0 Å². The average molecular weight is 343 g/mol. The molecule has 1 N–H and O–H groups in total. The maximum absolute atomic E-state index is 5.85. The molecule has 0 fully saturated rings. The number of aromatic nitrogens is 3. The number of fused-ring (bicyclic) bond motifs is 1. The van der Waals surface area contributed by atoms with E-state index in [9.17, 15) is 0 Å². The first-order chi connectivity index (χ1) is 11.7. The van der Waals surface area contributed by atoms with Crippen molar-refractivity contribution >= 4 is 22.8 Å². The quantitative estimate of drug-likeness (QED) is 0.517. The smallest absolute Gasteiger partial charge is 0.157 e. The number of nitrogens with zero attached hydrogens (tertiary/aromatic N) is 2. The Labute approximate surface area is 145 Å². The maximum atomic E-state index is 5.85. The van der Waals surface area contributed by atoms with Crippen LogP contribution < -0.4 is 4.74 Å². The summed E-state index contributed by atoms with van der Waals surface area (Å²) in [7, 11) is 1.69. The third-order valence-corrected chi connectivity index (χ3v) is 4.59. The highest BCUT2D eigenvalue weighted by Gasteiger charge is 2.14. The van der Waals surface area contributed by atoms with Crippen molar-refractivity contribution in [3.8, 4) is 17.3 Å². The van der Waals surface area contributed by atoms with E-state index in [1.165, 1.54) is 0 Å². The molecule has 24 heavy (non-hydrogen) atoms. The van der Waals surface area contributed by atoms with Gasteiger partial charge in [-0.1, -0.05) is 6.07 Å². The summed E-state index contributed by atoms with van der Waals surface area (Å²) < 4.78 is 10.9. The number of nitrogens with one attached hydrogen (secondary N) is 1. The zero-order valence-corrected chi connectivity index (χ0v) is 14.9. The molecule has 0 radical (unpaired) electrons. The third-order valence-electron chi connectivity index (χ3n) is 3.82. The van der Waals surface area contributed by atoms with E-state index in [0.717, 1.165) is 45.2 Å². The van der Waals surface area contributed by atoms with Crippen LogP contribution in [0.1, 0.15) is 12.0 Å². The minimum atomic E-state index is 0.620. The van der Waals surface area contributed by atoms with Crippen LogP contribution in [0.15, 0.2) is 35.4 Å². The number of thioether (sulfide) groups is 1. The Morgan fingerprint density at radius 2 is 2.08 bits per heavy atom. The number of hydrogen-bond donors (Lipinski definition) is 1. The van der Waals surface area contributed by atoms with Gasteiger partial charge in [0, 0.05) is 36.8 Å². The zero-order valence-electron chi connectivity index (χ0n) is 14.1. The highest BCUT2D eigenvalue weighted by Crippen LogP contribution is 2.30. The third kappa shape index (κ3) is 3.39. The van der Waals surface area contributed by atoms with E-state index in [1.807, 2.05) is 25.1 Å². The first-order valence-electron chi connectivity index (χ1n) is 7.85. The lowest BCUT2D eigenvalue weighted by molar-refractivity contribution is 0.172. The van der Waals surface area contributed by atoms with Crippen molar-refractivity contribution in [1.29, 1.82) is 0 Å². The van der Waals surface area contributed by atoms with Crippen LogP contribution in [0, 0.1) is 6.92 Å². The molecular weight excluding hydrogens is 322 g/mol. The fraction of sp³-hybridized carbons (Fsp3) is 0.333. The summed E-state index contributed by atoms with van der Waals surface area (Å²) in [6.07, 6.45) is 4.67. The van der Waals surface area contributed by atoms with E-state index in [2.05, 4.69) is 22.3 Å². The number of hydrogen-bond acceptors (Lipinski definition) is 5. The molecule has 0 atom stereocenters. The lowest BCUT2D eigenvalue weighted by Gasteiger charge is -2.10. The van der Waals surface area contributed by atoms with Gasteiger partial charge in [0.1, 0.15) is 17.0 Å². The lowest BCUT2D eigenvalue weighted by atomic mass is 10.2. The molecule has 1 aromatic carbocycles. The second-order valence-electron chi connectivity index (χ2n) is 5.42. The van der Waals surface area contributed by atoms with Crippen molar-refractivity contribution in [2.75, 3.05) is 26.6 Å². The van der Waals surface area contributed by atoms with E-state index in [0.29, 0.717) is 13.2 Å². The first kappa shape index (κ1) is 16.8. The number of para-hydroxylation sites is 1. The standard InChI is InChI=1S/C18H21N3O2S/c1-12-14(23-11-5-10-22-2)8-9-19-16(12)18-20-13-6-4-7-15(24-3)17(13)21-18/h4,6-9H,5,10-11H2,1-3H3,(H,20,21). The highest BCUT2D eigenvalue weighted by molar-refractivity contribution is 7.98. The minimum Gasteiger partial charge on any atom is -0.493 e. The maximum Gasteiger partial charge on any atom is 0.157 e. The number of rotatable bonds is 7. The highest BCUT2D eigenvalue weighted by atomic mass is 32.2. The van der Waals surface area contributed by atoms with E-state index in [1.54, 1.807) is 25.1 Å². The summed E-state index contributed by atoms with van der Waals surface area (Å²) >= 11 is 1.69. The molecule has 0 bridgehead atoms. The van der Waals surface area contributed by atoms with Crippen LogP contribution in [0.25, 0.3) is 22.6 Å². The molecule has 0 saturated carbocycles. The van der Waals surface area contributed by atoms with E-state index >= 15 is 0 Å². The average Bonchev–Trinajstić information content (AvgIpc) is 3.03. The lowest BCUT2D eigenvalue weighted by Crippen LogP contribution is -2.03. The molecule has 2 aromatic heterocycles. The van der Waals surface area contributed by atoms with E-state index in [4.69, 9.17) is 14.5 Å². The Balaban J connectivity index is 1.92. The Bertz CT molecular complexity index is 832. The summed E-state index contributed by atoms with van der Waals surface area (Å²) in [6.45, 7) is 3.32.